The zero-order valence-electron chi connectivity index (χ0n) is 9.29. The van der Waals surface area contributed by atoms with E-state index in [-0.39, 0.29) is 0 Å². The van der Waals surface area contributed by atoms with Crippen LogP contribution in [-0.2, 0) is 0 Å². The van der Waals surface area contributed by atoms with Gasteiger partial charge in [0.25, 0.3) is 0 Å². The molecule has 1 saturated carbocycles. The topological polar surface area (TPSA) is 20.2 Å². The Labute approximate surface area is 89.8 Å². The number of aryl methyl sites for hydroxylation is 2. The minimum Gasteiger partial charge on any atom is -0.396 e. The molecule has 2 unspecified atom stereocenters. The molecule has 0 aliphatic heterocycles. The molecule has 78 valence electrons. The second kappa shape index (κ2) is 3.07. The SMILES string of the molecule is Cc1cc(C2C(CO)C2(C)C)c(C)s1. The Morgan fingerprint density at radius 1 is 1.43 bits per heavy atom. The summed E-state index contributed by atoms with van der Waals surface area (Å²) in [6.45, 7) is 9.18. The van der Waals surface area contributed by atoms with Crippen LogP contribution in [0.25, 0.3) is 0 Å². The zero-order valence-corrected chi connectivity index (χ0v) is 10.1. The van der Waals surface area contributed by atoms with E-state index in [1.807, 2.05) is 11.3 Å². The quantitative estimate of drug-likeness (QED) is 0.795. The fourth-order valence-corrected chi connectivity index (χ4v) is 3.63. The van der Waals surface area contributed by atoms with Crippen molar-refractivity contribution in [1.29, 1.82) is 0 Å². The first-order chi connectivity index (χ1) is 6.48. The van der Waals surface area contributed by atoms with Gasteiger partial charge in [-0.25, -0.2) is 0 Å². The summed E-state index contributed by atoms with van der Waals surface area (Å²) in [5.74, 6) is 1.05. The van der Waals surface area contributed by atoms with Gasteiger partial charge in [-0.05, 0) is 42.7 Å². The van der Waals surface area contributed by atoms with E-state index in [9.17, 15) is 5.11 Å². The predicted molar refractivity (Wildman–Crippen MR) is 60.9 cm³/mol. The van der Waals surface area contributed by atoms with Gasteiger partial charge in [0.15, 0.2) is 0 Å². The van der Waals surface area contributed by atoms with Crippen LogP contribution in [0, 0.1) is 25.2 Å². The lowest BCUT2D eigenvalue weighted by molar-refractivity contribution is 0.257. The zero-order chi connectivity index (χ0) is 10.5. The number of hydrogen-bond acceptors (Lipinski definition) is 2. The Kier molecular flexibility index (Phi) is 2.24. The van der Waals surface area contributed by atoms with Crippen molar-refractivity contribution >= 4 is 11.3 Å². The Hall–Kier alpha value is -0.340. The van der Waals surface area contributed by atoms with E-state index in [2.05, 4.69) is 33.8 Å². The number of aliphatic hydroxyl groups excluding tert-OH is 1. The maximum absolute atomic E-state index is 9.27. The van der Waals surface area contributed by atoms with E-state index in [1.165, 1.54) is 15.3 Å². The van der Waals surface area contributed by atoms with Crippen LogP contribution < -0.4 is 0 Å². The molecule has 0 spiro atoms. The molecular weight excluding hydrogens is 192 g/mol. The molecule has 1 aliphatic rings. The average molecular weight is 210 g/mol. The van der Waals surface area contributed by atoms with Crippen LogP contribution in [0.5, 0.6) is 0 Å². The van der Waals surface area contributed by atoms with E-state index >= 15 is 0 Å². The van der Waals surface area contributed by atoms with Crippen molar-refractivity contribution in [1.82, 2.24) is 0 Å². The Morgan fingerprint density at radius 2 is 2.07 bits per heavy atom. The lowest BCUT2D eigenvalue weighted by Gasteiger charge is -2.01. The molecule has 2 atom stereocenters. The second-order valence-corrected chi connectivity index (χ2v) is 6.42. The molecule has 0 saturated heterocycles. The monoisotopic (exact) mass is 210 g/mol. The van der Waals surface area contributed by atoms with E-state index in [1.54, 1.807) is 0 Å². The van der Waals surface area contributed by atoms with Crippen LogP contribution in [0.15, 0.2) is 6.07 Å². The third-order valence-electron chi connectivity index (χ3n) is 3.66. The highest BCUT2D eigenvalue weighted by atomic mass is 32.1. The molecule has 0 aromatic carbocycles. The molecular formula is C12H18OS. The molecule has 1 N–H and O–H groups in total. The van der Waals surface area contributed by atoms with Crippen molar-refractivity contribution in [2.75, 3.05) is 6.61 Å². The summed E-state index contributed by atoms with van der Waals surface area (Å²) >= 11 is 1.87. The second-order valence-electron chi connectivity index (χ2n) is 4.96. The molecule has 0 amide bonds. The smallest absolute Gasteiger partial charge is 0.0470 e. The number of rotatable bonds is 2. The number of hydrogen-bond donors (Lipinski definition) is 1. The minimum absolute atomic E-state index is 0.299. The van der Waals surface area contributed by atoms with Gasteiger partial charge >= 0.3 is 0 Å². The lowest BCUT2D eigenvalue weighted by atomic mass is 10.0. The first-order valence-corrected chi connectivity index (χ1v) is 5.98. The van der Waals surface area contributed by atoms with Crippen LogP contribution in [0.1, 0.15) is 35.1 Å². The highest BCUT2D eigenvalue weighted by Gasteiger charge is 2.58. The molecule has 1 aliphatic carbocycles. The summed E-state index contributed by atoms with van der Waals surface area (Å²) in [5, 5.41) is 9.27. The fraction of sp³-hybridized carbons (Fsp3) is 0.667. The molecule has 14 heavy (non-hydrogen) atoms. The van der Waals surface area contributed by atoms with Gasteiger partial charge in [0.2, 0.25) is 0 Å². The highest BCUT2D eigenvalue weighted by Crippen LogP contribution is 2.65. The van der Waals surface area contributed by atoms with Crippen LogP contribution in [-0.4, -0.2) is 11.7 Å². The largest absolute Gasteiger partial charge is 0.396 e. The van der Waals surface area contributed by atoms with Crippen molar-refractivity contribution in [3.63, 3.8) is 0 Å². The summed E-state index contributed by atoms with van der Waals surface area (Å²) in [6, 6.07) is 2.29. The molecule has 0 bridgehead atoms. The molecule has 2 rings (SSSR count). The first kappa shape index (κ1) is 10.2. The Bertz CT molecular complexity index is 351. The highest BCUT2D eigenvalue weighted by molar-refractivity contribution is 7.12. The van der Waals surface area contributed by atoms with Gasteiger partial charge in [-0.2, -0.15) is 0 Å². The average Bonchev–Trinajstić information content (AvgIpc) is 2.46. The van der Waals surface area contributed by atoms with Crippen molar-refractivity contribution < 1.29 is 5.11 Å². The van der Waals surface area contributed by atoms with Gasteiger partial charge in [-0.3, -0.25) is 0 Å². The van der Waals surface area contributed by atoms with Crippen molar-refractivity contribution in [2.45, 2.75) is 33.6 Å². The molecule has 1 heterocycles. The van der Waals surface area contributed by atoms with Crippen molar-refractivity contribution in [3.05, 3.63) is 21.4 Å². The number of thiophene rings is 1. The summed E-state index contributed by atoms with van der Waals surface area (Å²) in [5.41, 5.74) is 1.77. The molecule has 1 aromatic heterocycles. The van der Waals surface area contributed by atoms with Gasteiger partial charge in [0.05, 0.1) is 0 Å². The van der Waals surface area contributed by atoms with Crippen LogP contribution in [0.3, 0.4) is 0 Å². The first-order valence-electron chi connectivity index (χ1n) is 5.16. The molecule has 2 heteroatoms. The van der Waals surface area contributed by atoms with Crippen LogP contribution >= 0.6 is 11.3 Å². The van der Waals surface area contributed by atoms with E-state index < -0.39 is 0 Å². The normalized spacial score (nSPS) is 29.2. The maximum atomic E-state index is 9.27. The van der Waals surface area contributed by atoms with Crippen LogP contribution in [0.2, 0.25) is 0 Å². The molecule has 1 nitrogen and oxygen atoms in total. The lowest BCUT2D eigenvalue weighted by Crippen LogP contribution is -1.93. The summed E-state index contributed by atoms with van der Waals surface area (Å²) in [7, 11) is 0. The summed E-state index contributed by atoms with van der Waals surface area (Å²) in [6.07, 6.45) is 0. The van der Waals surface area contributed by atoms with Gasteiger partial charge in [-0.1, -0.05) is 13.8 Å². The Balaban J connectivity index is 2.30. The van der Waals surface area contributed by atoms with Crippen LogP contribution in [0.4, 0.5) is 0 Å². The van der Waals surface area contributed by atoms with Gasteiger partial charge in [0.1, 0.15) is 0 Å². The standard InChI is InChI=1S/C12H18OS/c1-7-5-9(8(2)14-7)11-10(6-13)12(11,3)4/h5,10-11,13H,6H2,1-4H3. The third kappa shape index (κ3) is 1.32. The predicted octanol–water partition coefficient (Wildman–Crippen LogP) is 3.10. The maximum Gasteiger partial charge on any atom is 0.0470 e. The fourth-order valence-electron chi connectivity index (χ4n) is 2.66. The van der Waals surface area contributed by atoms with Gasteiger partial charge in [-0.15, -0.1) is 11.3 Å². The van der Waals surface area contributed by atoms with Gasteiger partial charge in [0, 0.05) is 16.4 Å². The summed E-state index contributed by atoms with van der Waals surface area (Å²) in [4.78, 5) is 2.81. The minimum atomic E-state index is 0.299. The van der Waals surface area contributed by atoms with E-state index in [0.29, 0.717) is 23.9 Å². The molecule has 1 aromatic rings. The van der Waals surface area contributed by atoms with E-state index in [4.69, 9.17) is 0 Å². The van der Waals surface area contributed by atoms with Gasteiger partial charge < -0.3 is 5.11 Å². The van der Waals surface area contributed by atoms with Crippen molar-refractivity contribution in [3.8, 4) is 0 Å². The number of aliphatic hydroxyl groups is 1. The summed E-state index contributed by atoms with van der Waals surface area (Å²) < 4.78 is 0. The van der Waals surface area contributed by atoms with Crippen molar-refractivity contribution in [2.24, 2.45) is 11.3 Å². The third-order valence-corrected chi connectivity index (χ3v) is 4.64. The Morgan fingerprint density at radius 3 is 2.43 bits per heavy atom. The molecule has 1 fully saturated rings. The van der Waals surface area contributed by atoms with E-state index in [0.717, 1.165) is 0 Å². The molecule has 0 radical (unpaired) electrons.